The van der Waals surface area contributed by atoms with Crippen molar-refractivity contribution in [2.24, 2.45) is 5.41 Å². The van der Waals surface area contributed by atoms with E-state index in [4.69, 9.17) is 4.74 Å². The van der Waals surface area contributed by atoms with E-state index in [1.807, 2.05) is 0 Å². The van der Waals surface area contributed by atoms with Gasteiger partial charge in [0.2, 0.25) is 0 Å². The van der Waals surface area contributed by atoms with Gasteiger partial charge in [-0.2, -0.15) is 10.2 Å². The first-order valence-electron chi connectivity index (χ1n) is 10.3. The largest absolute Gasteiger partial charge is 0.457 e. The number of anilines is 2. The van der Waals surface area contributed by atoms with Gasteiger partial charge in [-0.1, -0.05) is 20.8 Å². The Kier molecular flexibility index (Phi) is 6.07. The molecular formula is C23H24FN7O2. The summed E-state index contributed by atoms with van der Waals surface area (Å²) < 4.78 is 20.1. The van der Waals surface area contributed by atoms with E-state index in [-0.39, 0.29) is 11.1 Å². The number of aromatic amines is 2. The highest BCUT2D eigenvalue weighted by Gasteiger charge is 2.15. The van der Waals surface area contributed by atoms with Crippen LogP contribution in [0.1, 0.15) is 26.5 Å². The van der Waals surface area contributed by atoms with Gasteiger partial charge in [0.25, 0.3) is 0 Å². The maximum atomic E-state index is 14.3. The molecule has 10 heteroatoms. The van der Waals surface area contributed by atoms with Crippen LogP contribution in [0.3, 0.4) is 0 Å². The Morgan fingerprint density at radius 1 is 1.12 bits per heavy atom. The number of carbonyl (C=O) groups is 1. The Hall–Kier alpha value is -4.21. The van der Waals surface area contributed by atoms with Crippen LogP contribution in [0.5, 0.6) is 11.5 Å². The number of ether oxygens (including phenoxy) is 1. The van der Waals surface area contributed by atoms with Crippen LogP contribution < -0.4 is 15.4 Å². The lowest BCUT2D eigenvalue weighted by atomic mass is 9.91. The second-order valence-corrected chi connectivity index (χ2v) is 8.70. The van der Waals surface area contributed by atoms with E-state index in [1.54, 1.807) is 36.8 Å². The zero-order chi connectivity index (χ0) is 23.4. The third-order valence-corrected chi connectivity index (χ3v) is 4.54. The summed E-state index contributed by atoms with van der Waals surface area (Å²) in [6, 6.07) is 8.65. The van der Waals surface area contributed by atoms with Gasteiger partial charge >= 0.3 is 6.03 Å². The van der Waals surface area contributed by atoms with Crippen LogP contribution >= 0.6 is 0 Å². The summed E-state index contributed by atoms with van der Waals surface area (Å²) in [5.41, 5.74) is 2.42. The number of H-pyrrole nitrogens is 2. The van der Waals surface area contributed by atoms with Gasteiger partial charge in [-0.3, -0.25) is 20.5 Å². The number of carbonyl (C=O) groups excluding carboxylic acids is 1. The Morgan fingerprint density at radius 2 is 1.94 bits per heavy atom. The molecule has 0 unspecified atom stereocenters. The van der Waals surface area contributed by atoms with Crippen LogP contribution in [0.2, 0.25) is 0 Å². The van der Waals surface area contributed by atoms with Crippen molar-refractivity contribution in [2.45, 2.75) is 27.2 Å². The first-order chi connectivity index (χ1) is 15.7. The molecule has 170 valence electrons. The Bertz CT molecular complexity index is 1250. The van der Waals surface area contributed by atoms with E-state index in [0.717, 1.165) is 17.7 Å². The predicted octanol–water partition coefficient (Wildman–Crippen LogP) is 5.36. The minimum atomic E-state index is -0.619. The molecule has 0 radical (unpaired) electrons. The van der Waals surface area contributed by atoms with Crippen LogP contribution in [0.4, 0.5) is 20.7 Å². The highest BCUT2D eigenvalue weighted by atomic mass is 19.1. The molecule has 0 bridgehead atoms. The zero-order valence-corrected chi connectivity index (χ0v) is 18.4. The molecule has 3 heterocycles. The summed E-state index contributed by atoms with van der Waals surface area (Å²) in [5.74, 6) is 0.610. The van der Waals surface area contributed by atoms with E-state index in [2.05, 4.69) is 56.8 Å². The van der Waals surface area contributed by atoms with Gasteiger partial charge in [-0.15, -0.1) is 0 Å². The van der Waals surface area contributed by atoms with Crippen LogP contribution in [-0.2, 0) is 6.42 Å². The number of benzene rings is 1. The van der Waals surface area contributed by atoms with Crippen molar-refractivity contribution in [3.05, 3.63) is 66.5 Å². The van der Waals surface area contributed by atoms with E-state index in [1.165, 1.54) is 18.2 Å². The predicted molar refractivity (Wildman–Crippen MR) is 123 cm³/mol. The number of nitrogens with one attached hydrogen (secondary N) is 4. The van der Waals surface area contributed by atoms with Gasteiger partial charge in [-0.05, 0) is 30.0 Å². The van der Waals surface area contributed by atoms with Crippen LogP contribution in [0.25, 0.3) is 11.3 Å². The molecule has 0 fully saturated rings. The van der Waals surface area contributed by atoms with Gasteiger partial charge in [0, 0.05) is 41.9 Å². The quantitative estimate of drug-likeness (QED) is 0.316. The molecule has 0 spiro atoms. The lowest BCUT2D eigenvalue weighted by Crippen LogP contribution is -2.20. The minimum Gasteiger partial charge on any atom is -0.457 e. The number of rotatable bonds is 6. The number of hydrogen-bond acceptors (Lipinski definition) is 5. The first-order valence-corrected chi connectivity index (χ1v) is 10.3. The van der Waals surface area contributed by atoms with Crippen LogP contribution in [-0.4, -0.2) is 31.4 Å². The lowest BCUT2D eigenvalue weighted by Gasteiger charge is -2.15. The van der Waals surface area contributed by atoms with Gasteiger partial charge in [0.15, 0.2) is 5.82 Å². The number of amides is 2. The van der Waals surface area contributed by atoms with Crippen molar-refractivity contribution < 1.29 is 13.9 Å². The summed E-state index contributed by atoms with van der Waals surface area (Å²) in [7, 11) is 0. The molecule has 33 heavy (non-hydrogen) atoms. The third kappa shape index (κ3) is 5.94. The summed E-state index contributed by atoms with van der Waals surface area (Å²) in [4.78, 5) is 16.7. The van der Waals surface area contributed by atoms with Crippen molar-refractivity contribution in [2.75, 3.05) is 10.6 Å². The molecule has 0 saturated carbocycles. The van der Waals surface area contributed by atoms with Crippen molar-refractivity contribution >= 4 is 17.5 Å². The molecule has 0 saturated heterocycles. The smallest absolute Gasteiger partial charge is 0.324 e. The summed E-state index contributed by atoms with van der Waals surface area (Å²) in [6.45, 7) is 6.32. The molecule has 2 amide bonds. The molecule has 4 aromatic rings. The number of halogens is 1. The van der Waals surface area contributed by atoms with Crippen molar-refractivity contribution in [3.8, 4) is 22.8 Å². The summed E-state index contributed by atoms with van der Waals surface area (Å²) in [5, 5.41) is 18.7. The molecule has 4 rings (SSSR count). The first kappa shape index (κ1) is 22.0. The maximum Gasteiger partial charge on any atom is 0.324 e. The van der Waals surface area contributed by atoms with Gasteiger partial charge in [0.1, 0.15) is 17.3 Å². The molecule has 0 atom stereocenters. The fraction of sp³-hybridized carbons (Fsp3) is 0.217. The molecule has 3 aromatic heterocycles. The molecule has 9 nitrogen and oxygen atoms in total. The Morgan fingerprint density at radius 3 is 2.70 bits per heavy atom. The fourth-order valence-electron chi connectivity index (χ4n) is 3.18. The standard InChI is InChI=1S/C23H24FN7O2/c1-23(2,3)11-15-8-21(31-30-15)29-22(32)28-20-10-16(4-5-18(20)24)33-17-6-7-25-19(9-17)14-12-26-27-13-14/h4-10,12-13H,11H2,1-3H3,(H,26,27)(H3,28,29,30,31,32). The molecule has 0 aliphatic carbocycles. The third-order valence-electron chi connectivity index (χ3n) is 4.54. The summed E-state index contributed by atoms with van der Waals surface area (Å²) in [6.07, 6.45) is 5.74. The molecule has 4 N–H and O–H groups in total. The van der Waals surface area contributed by atoms with Crippen LogP contribution in [0, 0.1) is 11.2 Å². The lowest BCUT2D eigenvalue weighted by molar-refractivity contribution is 0.262. The average Bonchev–Trinajstić information content (AvgIpc) is 3.42. The van der Waals surface area contributed by atoms with Gasteiger partial charge in [-0.25, -0.2) is 9.18 Å². The van der Waals surface area contributed by atoms with E-state index >= 15 is 0 Å². The SMILES string of the molecule is CC(C)(C)Cc1cc(NC(=O)Nc2cc(Oc3ccnc(-c4cn[nH]c4)c3)ccc2F)n[nH]1. The highest BCUT2D eigenvalue weighted by molar-refractivity contribution is 5.99. The molecular weight excluding hydrogens is 425 g/mol. The molecule has 0 aliphatic rings. The average molecular weight is 449 g/mol. The van der Waals surface area contributed by atoms with E-state index < -0.39 is 11.8 Å². The second kappa shape index (κ2) is 9.11. The monoisotopic (exact) mass is 449 g/mol. The number of hydrogen-bond donors (Lipinski definition) is 4. The molecule has 1 aromatic carbocycles. The number of urea groups is 1. The fourth-order valence-corrected chi connectivity index (χ4v) is 3.18. The van der Waals surface area contributed by atoms with Crippen molar-refractivity contribution in [1.82, 2.24) is 25.4 Å². The van der Waals surface area contributed by atoms with E-state index in [9.17, 15) is 9.18 Å². The van der Waals surface area contributed by atoms with Crippen molar-refractivity contribution in [1.29, 1.82) is 0 Å². The van der Waals surface area contributed by atoms with Gasteiger partial charge in [0.05, 0.1) is 17.6 Å². The minimum absolute atomic E-state index is 0.0282. The number of pyridine rings is 1. The van der Waals surface area contributed by atoms with Crippen molar-refractivity contribution in [3.63, 3.8) is 0 Å². The topological polar surface area (TPSA) is 121 Å². The Labute approximate surface area is 189 Å². The number of nitrogens with zero attached hydrogens (tertiary/aromatic N) is 3. The Balaban J connectivity index is 1.42. The van der Waals surface area contributed by atoms with Gasteiger partial charge < -0.3 is 10.1 Å². The van der Waals surface area contributed by atoms with Crippen LogP contribution in [0.15, 0.2) is 55.0 Å². The molecule has 0 aliphatic heterocycles. The second-order valence-electron chi connectivity index (χ2n) is 8.70. The maximum absolute atomic E-state index is 14.3. The normalized spacial score (nSPS) is 11.3. The number of aromatic nitrogens is 5. The highest BCUT2D eigenvalue weighted by Crippen LogP contribution is 2.28. The van der Waals surface area contributed by atoms with E-state index in [0.29, 0.717) is 23.0 Å². The zero-order valence-electron chi connectivity index (χ0n) is 18.4. The summed E-state index contributed by atoms with van der Waals surface area (Å²) >= 11 is 0.